The molecule has 2 aromatic carbocycles. The molecular weight excluding hydrogens is 323 g/mol. The first-order valence-corrected chi connectivity index (χ1v) is 9.49. The van der Waals surface area contributed by atoms with Crippen LogP contribution in [0.4, 0.5) is 4.39 Å². The van der Waals surface area contributed by atoms with Crippen LogP contribution in [0.1, 0.15) is 29.9 Å². The van der Waals surface area contributed by atoms with Gasteiger partial charge in [0.2, 0.25) is 0 Å². The van der Waals surface area contributed by atoms with Crippen LogP contribution in [0.25, 0.3) is 10.9 Å². The van der Waals surface area contributed by atoms with E-state index in [1.807, 2.05) is 12.3 Å². The molecule has 1 aliphatic heterocycles. The predicted molar refractivity (Wildman–Crippen MR) is 106 cm³/mol. The number of H-pyrrole nitrogens is 1. The van der Waals surface area contributed by atoms with Gasteiger partial charge in [0.05, 0.1) is 0 Å². The average molecular weight is 348 g/mol. The van der Waals surface area contributed by atoms with Gasteiger partial charge in [0.25, 0.3) is 0 Å². The second-order valence-electron chi connectivity index (χ2n) is 7.17. The van der Waals surface area contributed by atoms with Crippen molar-refractivity contribution in [3.05, 3.63) is 83.8 Å². The summed E-state index contributed by atoms with van der Waals surface area (Å²) in [5.74, 6) is 0.340. The van der Waals surface area contributed by atoms with E-state index in [0.29, 0.717) is 5.92 Å². The van der Waals surface area contributed by atoms with Crippen molar-refractivity contribution in [3.63, 3.8) is 0 Å². The van der Waals surface area contributed by atoms with Gasteiger partial charge in [-0.05, 0) is 55.1 Å². The maximum Gasteiger partial charge on any atom is 0.123 e. The van der Waals surface area contributed by atoms with Crippen molar-refractivity contribution in [1.29, 1.82) is 0 Å². The number of hydrogen-bond acceptors (Lipinski definition) is 1. The zero-order chi connectivity index (χ0) is 17.8. The molecule has 3 heteroatoms. The van der Waals surface area contributed by atoms with Crippen LogP contribution < -0.4 is 0 Å². The molecule has 1 N–H and O–H groups in total. The summed E-state index contributed by atoms with van der Waals surface area (Å²) < 4.78 is 13.5. The molecule has 26 heavy (non-hydrogen) atoms. The Kier molecular flexibility index (Phi) is 5.16. The molecule has 0 amide bonds. The number of aromatic amines is 1. The molecule has 0 aliphatic carbocycles. The van der Waals surface area contributed by atoms with E-state index in [-0.39, 0.29) is 5.82 Å². The normalized spacial score (nSPS) is 17.8. The van der Waals surface area contributed by atoms with E-state index in [1.165, 1.54) is 17.2 Å². The average Bonchev–Trinajstić information content (AvgIpc) is 3.08. The lowest BCUT2D eigenvalue weighted by Crippen LogP contribution is -2.32. The SMILES string of the molecule is Fc1ccc2[nH]cc(CCCCN3CC=CC(c4ccccc4)C3)c2c1. The molecule has 2 nitrogen and oxygen atoms in total. The van der Waals surface area contributed by atoms with Crippen LogP contribution in [0.3, 0.4) is 0 Å². The molecule has 1 aromatic heterocycles. The number of benzene rings is 2. The van der Waals surface area contributed by atoms with E-state index < -0.39 is 0 Å². The Balaban J connectivity index is 1.28. The zero-order valence-corrected chi connectivity index (χ0v) is 15.0. The summed E-state index contributed by atoms with van der Waals surface area (Å²) in [6.07, 6.45) is 9.95. The largest absolute Gasteiger partial charge is 0.361 e. The molecule has 0 fully saturated rings. The zero-order valence-electron chi connectivity index (χ0n) is 15.0. The summed E-state index contributed by atoms with van der Waals surface area (Å²) in [7, 11) is 0. The minimum atomic E-state index is -0.162. The van der Waals surface area contributed by atoms with Crippen molar-refractivity contribution >= 4 is 10.9 Å². The number of halogens is 1. The molecular formula is C23H25FN2. The van der Waals surface area contributed by atoms with Gasteiger partial charge in [0.15, 0.2) is 0 Å². The molecule has 1 unspecified atom stereocenters. The lowest BCUT2D eigenvalue weighted by Gasteiger charge is -2.29. The molecule has 1 atom stereocenters. The first-order valence-electron chi connectivity index (χ1n) is 9.49. The molecule has 0 saturated heterocycles. The van der Waals surface area contributed by atoms with Gasteiger partial charge < -0.3 is 4.98 Å². The van der Waals surface area contributed by atoms with E-state index in [2.05, 4.69) is 52.4 Å². The summed E-state index contributed by atoms with van der Waals surface area (Å²) in [6.45, 7) is 3.25. The van der Waals surface area contributed by atoms with Gasteiger partial charge in [-0.3, -0.25) is 4.90 Å². The van der Waals surface area contributed by atoms with Crippen LogP contribution in [-0.2, 0) is 6.42 Å². The Morgan fingerprint density at radius 2 is 1.96 bits per heavy atom. The maximum absolute atomic E-state index is 13.5. The molecule has 0 spiro atoms. The number of aromatic nitrogens is 1. The van der Waals surface area contributed by atoms with Gasteiger partial charge in [-0.1, -0.05) is 42.5 Å². The number of fused-ring (bicyclic) bond motifs is 1. The summed E-state index contributed by atoms with van der Waals surface area (Å²) in [6, 6.07) is 15.7. The highest BCUT2D eigenvalue weighted by Gasteiger charge is 2.16. The highest BCUT2D eigenvalue weighted by Crippen LogP contribution is 2.23. The van der Waals surface area contributed by atoms with Crippen LogP contribution in [0, 0.1) is 5.82 Å². The first kappa shape index (κ1) is 17.0. The second-order valence-corrected chi connectivity index (χ2v) is 7.17. The standard InChI is InChI=1S/C23H25FN2/c24-21-11-12-23-22(15-21)19(16-25-23)9-4-5-13-26-14-6-10-20(17-26)18-7-2-1-3-8-18/h1-3,6-8,10-12,15-16,20,25H,4-5,9,13-14,17H2. The van der Waals surface area contributed by atoms with E-state index in [0.717, 1.165) is 49.8 Å². The molecule has 2 heterocycles. The molecule has 134 valence electrons. The lowest BCUT2D eigenvalue weighted by atomic mass is 9.95. The molecule has 1 aliphatic rings. The number of nitrogens with zero attached hydrogens (tertiary/aromatic N) is 1. The fourth-order valence-electron chi connectivity index (χ4n) is 3.90. The van der Waals surface area contributed by atoms with Gasteiger partial charge in [-0.2, -0.15) is 0 Å². The number of rotatable bonds is 6. The molecule has 3 aromatic rings. The third-order valence-electron chi connectivity index (χ3n) is 5.31. The van der Waals surface area contributed by atoms with Crippen LogP contribution >= 0.6 is 0 Å². The predicted octanol–water partition coefficient (Wildman–Crippen LogP) is 5.29. The number of aryl methyl sites for hydroxylation is 1. The van der Waals surface area contributed by atoms with Gasteiger partial charge in [-0.15, -0.1) is 0 Å². The first-order chi connectivity index (χ1) is 12.8. The summed E-state index contributed by atoms with van der Waals surface area (Å²) >= 11 is 0. The van der Waals surface area contributed by atoms with E-state index >= 15 is 0 Å². The molecule has 4 rings (SSSR count). The van der Waals surface area contributed by atoms with Crippen LogP contribution in [0.15, 0.2) is 66.9 Å². The maximum atomic E-state index is 13.5. The minimum Gasteiger partial charge on any atom is -0.361 e. The Morgan fingerprint density at radius 1 is 1.08 bits per heavy atom. The van der Waals surface area contributed by atoms with Gasteiger partial charge in [0.1, 0.15) is 5.82 Å². The highest BCUT2D eigenvalue weighted by molar-refractivity contribution is 5.83. The highest BCUT2D eigenvalue weighted by atomic mass is 19.1. The van der Waals surface area contributed by atoms with E-state index in [1.54, 1.807) is 6.07 Å². The number of nitrogens with one attached hydrogen (secondary N) is 1. The van der Waals surface area contributed by atoms with E-state index in [9.17, 15) is 4.39 Å². The smallest absolute Gasteiger partial charge is 0.123 e. The number of hydrogen-bond donors (Lipinski definition) is 1. The summed E-state index contributed by atoms with van der Waals surface area (Å²) in [4.78, 5) is 5.78. The van der Waals surface area contributed by atoms with Crippen LogP contribution in [0.5, 0.6) is 0 Å². The number of unbranched alkanes of at least 4 members (excludes halogenated alkanes) is 1. The van der Waals surface area contributed by atoms with Crippen LogP contribution in [0.2, 0.25) is 0 Å². The molecule has 0 radical (unpaired) electrons. The van der Waals surface area contributed by atoms with Gasteiger partial charge in [0, 0.05) is 36.1 Å². The molecule has 0 bridgehead atoms. The van der Waals surface area contributed by atoms with Gasteiger partial charge >= 0.3 is 0 Å². The Labute approximate surface area is 154 Å². The summed E-state index contributed by atoms with van der Waals surface area (Å²) in [5.41, 5.74) is 3.64. The third-order valence-corrected chi connectivity index (χ3v) is 5.31. The fourth-order valence-corrected chi connectivity index (χ4v) is 3.90. The van der Waals surface area contributed by atoms with Crippen molar-refractivity contribution in [1.82, 2.24) is 9.88 Å². The minimum absolute atomic E-state index is 0.162. The topological polar surface area (TPSA) is 19.0 Å². The van der Waals surface area contributed by atoms with Crippen LogP contribution in [-0.4, -0.2) is 29.5 Å². The van der Waals surface area contributed by atoms with Crippen molar-refractivity contribution in [2.45, 2.75) is 25.2 Å². The summed E-state index contributed by atoms with van der Waals surface area (Å²) in [5, 5.41) is 1.02. The molecule has 0 saturated carbocycles. The monoisotopic (exact) mass is 348 g/mol. The Morgan fingerprint density at radius 3 is 2.85 bits per heavy atom. The quantitative estimate of drug-likeness (QED) is 0.474. The lowest BCUT2D eigenvalue weighted by molar-refractivity contribution is 0.278. The Hall–Kier alpha value is -2.39. The van der Waals surface area contributed by atoms with Crippen molar-refractivity contribution in [2.24, 2.45) is 0 Å². The van der Waals surface area contributed by atoms with E-state index in [4.69, 9.17) is 0 Å². The second kappa shape index (κ2) is 7.88. The van der Waals surface area contributed by atoms with Crippen molar-refractivity contribution in [3.8, 4) is 0 Å². The van der Waals surface area contributed by atoms with Crippen molar-refractivity contribution in [2.75, 3.05) is 19.6 Å². The third kappa shape index (κ3) is 3.88. The Bertz CT molecular complexity index is 882. The van der Waals surface area contributed by atoms with Gasteiger partial charge in [-0.25, -0.2) is 4.39 Å². The van der Waals surface area contributed by atoms with Crippen molar-refractivity contribution < 1.29 is 4.39 Å². The fraction of sp³-hybridized carbons (Fsp3) is 0.304.